The quantitative estimate of drug-likeness (QED) is 0.624. The Balaban J connectivity index is 1.54. The average Bonchev–Trinajstić information content (AvgIpc) is 3.28. The van der Waals surface area contributed by atoms with Gasteiger partial charge in [-0.3, -0.25) is 0 Å². The Kier molecular flexibility index (Phi) is 4.68. The lowest BCUT2D eigenvalue weighted by molar-refractivity contribution is 0.177. The Bertz CT molecular complexity index is 959. The van der Waals surface area contributed by atoms with Gasteiger partial charge in [0.25, 0.3) is 0 Å². The van der Waals surface area contributed by atoms with E-state index in [1.165, 1.54) is 0 Å². The molecule has 1 fully saturated rings. The molecule has 1 atom stereocenters. The molecule has 1 unspecified atom stereocenters. The number of rotatable bonds is 6. The van der Waals surface area contributed by atoms with Crippen molar-refractivity contribution in [1.82, 2.24) is 19.9 Å². The number of H-pyrrole nitrogens is 2. The van der Waals surface area contributed by atoms with Gasteiger partial charge in [-0.15, -0.1) is 0 Å². The Morgan fingerprint density at radius 1 is 1.27 bits per heavy atom. The van der Waals surface area contributed by atoms with Gasteiger partial charge in [-0.25, -0.2) is 14.8 Å². The first kappa shape index (κ1) is 16.7. The van der Waals surface area contributed by atoms with Crippen LogP contribution in [0.3, 0.4) is 0 Å². The molecule has 0 radical (unpaired) electrons. The van der Waals surface area contributed by atoms with E-state index in [1.54, 1.807) is 7.11 Å². The minimum Gasteiger partial charge on any atom is -0.381 e. The number of ether oxygens (including phenoxy) is 2. The van der Waals surface area contributed by atoms with Crippen molar-refractivity contribution in [1.29, 1.82) is 0 Å². The molecule has 8 nitrogen and oxygen atoms in total. The van der Waals surface area contributed by atoms with Crippen molar-refractivity contribution in [3.05, 3.63) is 51.8 Å². The van der Waals surface area contributed by atoms with Crippen molar-refractivity contribution < 1.29 is 9.47 Å². The number of methoxy groups -OCH3 is 1. The average molecular weight is 355 g/mol. The van der Waals surface area contributed by atoms with Crippen LogP contribution in [-0.4, -0.2) is 40.3 Å². The van der Waals surface area contributed by atoms with Gasteiger partial charge in [0, 0.05) is 32.2 Å². The third-order valence-electron chi connectivity index (χ3n) is 4.47. The van der Waals surface area contributed by atoms with Gasteiger partial charge in [-0.2, -0.15) is 0 Å². The molecule has 0 amide bonds. The van der Waals surface area contributed by atoms with Gasteiger partial charge >= 0.3 is 5.69 Å². The van der Waals surface area contributed by atoms with Crippen molar-refractivity contribution >= 4 is 16.9 Å². The van der Waals surface area contributed by atoms with Crippen molar-refractivity contribution in [2.45, 2.75) is 25.5 Å². The van der Waals surface area contributed by atoms with E-state index < -0.39 is 0 Å². The van der Waals surface area contributed by atoms with Gasteiger partial charge < -0.3 is 24.8 Å². The number of fused-ring (bicyclic) bond motifs is 1. The van der Waals surface area contributed by atoms with Crippen LogP contribution in [0.15, 0.2) is 29.1 Å². The zero-order valence-corrected chi connectivity index (χ0v) is 14.5. The van der Waals surface area contributed by atoms with E-state index in [2.05, 4.69) is 25.3 Å². The van der Waals surface area contributed by atoms with Gasteiger partial charge in [0.15, 0.2) is 5.82 Å². The number of imidazole rings is 1. The van der Waals surface area contributed by atoms with Crippen LogP contribution in [0.2, 0.25) is 0 Å². The molecule has 0 bridgehead atoms. The standard InChI is InChI=1S/C18H21N5O3/c1-25-10-17-20-14(12-4-5-26-9-12)7-16(23-17)19-8-11-2-3-13-15(6-11)22-18(24)21-13/h2-3,6-7,12H,4-5,8-10H2,1H3,(H,19,20,23)(H2,21,22,24). The second kappa shape index (κ2) is 7.27. The maximum absolute atomic E-state index is 11.4. The molecule has 4 rings (SSSR count). The third kappa shape index (κ3) is 3.61. The van der Waals surface area contributed by atoms with Gasteiger partial charge in [0.2, 0.25) is 0 Å². The zero-order chi connectivity index (χ0) is 17.9. The number of hydrogen-bond acceptors (Lipinski definition) is 6. The Hall–Kier alpha value is -2.71. The molecule has 136 valence electrons. The number of aromatic amines is 2. The summed E-state index contributed by atoms with van der Waals surface area (Å²) in [5.41, 5.74) is 3.42. The largest absolute Gasteiger partial charge is 0.381 e. The molecule has 1 aromatic carbocycles. The summed E-state index contributed by atoms with van der Waals surface area (Å²) in [6, 6.07) is 7.79. The van der Waals surface area contributed by atoms with Gasteiger partial charge in [-0.05, 0) is 24.1 Å². The van der Waals surface area contributed by atoms with E-state index in [0.29, 0.717) is 31.5 Å². The fraction of sp³-hybridized carbons (Fsp3) is 0.389. The maximum Gasteiger partial charge on any atom is 0.323 e. The summed E-state index contributed by atoms with van der Waals surface area (Å²) >= 11 is 0. The molecule has 1 aliphatic rings. The molecule has 1 saturated heterocycles. The number of benzene rings is 1. The topological polar surface area (TPSA) is 105 Å². The Morgan fingerprint density at radius 2 is 2.15 bits per heavy atom. The minimum atomic E-state index is -0.200. The first-order valence-electron chi connectivity index (χ1n) is 8.60. The highest BCUT2D eigenvalue weighted by Crippen LogP contribution is 2.25. The SMILES string of the molecule is COCc1nc(NCc2ccc3[nH]c(=O)[nH]c3c2)cc(C2CCOC2)n1. The molecule has 3 N–H and O–H groups in total. The Labute approximate surface area is 150 Å². The molecule has 2 aromatic heterocycles. The molecule has 3 heterocycles. The third-order valence-corrected chi connectivity index (χ3v) is 4.47. The smallest absolute Gasteiger partial charge is 0.323 e. The number of anilines is 1. The molecule has 0 aliphatic carbocycles. The molecule has 26 heavy (non-hydrogen) atoms. The predicted molar refractivity (Wildman–Crippen MR) is 97.2 cm³/mol. The van der Waals surface area contributed by atoms with Crippen LogP contribution in [0.1, 0.15) is 29.4 Å². The lowest BCUT2D eigenvalue weighted by Gasteiger charge is -2.13. The monoisotopic (exact) mass is 355 g/mol. The summed E-state index contributed by atoms with van der Waals surface area (Å²) in [5.74, 6) is 1.72. The van der Waals surface area contributed by atoms with E-state index in [-0.39, 0.29) is 5.69 Å². The number of nitrogens with one attached hydrogen (secondary N) is 3. The highest BCUT2D eigenvalue weighted by molar-refractivity contribution is 5.75. The van der Waals surface area contributed by atoms with Crippen LogP contribution < -0.4 is 11.0 Å². The fourth-order valence-corrected chi connectivity index (χ4v) is 3.16. The second-order valence-corrected chi connectivity index (χ2v) is 6.40. The summed E-state index contributed by atoms with van der Waals surface area (Å²) in [6.07, 6.45) is 0.973. The van der Waals surface area contributed by atoms with Crippen LogP contribution in [0, 0.1) is 0 Å². The van der Waals surface area contributed by atoms with E-state index >= 15 is 0 Å². The van der Waals surface area contributed by atoms with E-state index in [0.717, 1.165) is 41.1 Å². The van der Waals surface area contributed by atoms with Crippen LogP contribution in [0.5, 0.6) is 0 Å². The van der Waals surface area contributed by atoms with Gasteiger partial charge in [0.1, 0.15) is 12.4 Å². The van der Waals surface area contributed by atoms with Gasteiger partial charge in [0.05, 0.1) is 23.3 Å². The zero-order valence-electron chi connectivity index (χ0n) is 14.5. The van der Waals surface area contributed by atoms with E-state index in [4.69, 9.17) is 9.47 Å². The number of hydrogen-bond donors (Lipinski definition) is 3. The molecule has 1 aliphatic heterocycles. The first-order valence-corrected chi connectivity index (χ1v) is 8.60. The molecular weight excluding hydrogens is 334 g/mol. The van der Waals surface area contributed by atoms with Crippen LogP contribution in [0.4, 0.5) is 5.82 Å². The number of aromatic nitrogens is 4. The lowest BCUT2D eigenvalue weighted by Crippen LogP contribution is -2.10. The maximum atomic E-state index is 11.4. The molecular formula is C18H21N5O3. The van der Waals surface area contributed by atoms with Crippen molar-refractivity contribution in [3.8, 4) is 0 Å². The summed E-state index contributed by atoms with van der Waals surface area (Å²) in [5, 5.41) is 3.35. The summed E-state index contributed by atoms with van der Waals surface area (Å²) < 4.78 is 10.7. The van der Waals surface area contributed by atoms with Gasteiger partial charge in [-0.1, -0.05) is 6.07 Å². The van der Waals surface area contributed by atoms with E-state index in [9.17, 15) is 4.79 Å². The highest BCUT2D eigenvalue weighted by Gasteiger charge is 2.20. The van der Waals surface area contributed by atoms with Crippen LogP contribution in [0.25, 0.3) is 11.0 Å². The number of nitrogens with zero attached hydrogens (tertiary/aromatic N) is 2. The van der Waals surface area contributed by atoms with Crippen LogP contribution >= 0.6 is 0 Å². The summed E-state index contributed by atoms with van der Waals surface area (Å²) in [7, 11) is 1.63. The summed E-state index contributed by atoms with van der Waals surface area (Å²) in [6.45, 7) is 2.42. The normalized spacial score (nSPS) is 17.0. The predicted octanol–water partition coefficient (Wildman–Crippen LogP) is 1.91. The lowest BCUT2D eigenvalue weighted by atomic mass is 10.0. The molecule has 3 aromatic rings. The molecule has 0 spiro atoms. The van der Waals surface area contributed by atoms with Crippen molar-refractivity contribution in [3.63, 3.8) is 0 Å². The highest BCUT2D eigenvalue weighted by atomic mass is 16.5. The summed E-state index contributed by atoms with van der Waals surface area (Å²) in [4.78, 5) is 26.0. The van der Waals surface area contributed by atoms with E-state index in [1.807, 2.05) is 24.3 Å². The van der Waals surface area contributed by atoms with Crippen molar-refractivity contribution in [2.75, 3.05) is 25.6 Å². The molecule has 8 heteroatoms. The molecule has 0 saturated carbocycles. The van der Waals surface area contributed by atoms with Crippen LogP contribution in [-0.2, 0) is 22.6 Å². The second-order valence-electron chi connectivity index (χ2n) is 6.40. The Morgan fingerprint density at radius 3 is 2.96 bits per heavy atom. The minimum absolute atomic E-state index is 0.200. The first-order chi connectivity index (χ1) is 12.7. The fourth-order valence-electron chi connectivity index (χ4n) is 3.16. The van der Waals surface area contributed by atoms with Crippen molar-refractivity contribution in [2.24, 2.45) is 0 Å².